The number of hydrogen-bond acceptors (Lipinski definition) is 4. The van der Waals surface area contributed by atoms with Crippen molar-refractivity contribution >= 4 is 5.91 Å². The molecule has 1 fully saturated rings. The Labute approximate surface area is 143 Å². The van der Waals surface area contributed by atoms with E-state index in [0.29, 0.717) is 25.7 Å². The molecule has 1 atom stereocenters. The summed E-state index contributed by atoms with van der Waals surface area (Å²) in [4.78, 5) is 27.7. The number of likely N-dealkylation sites (N-methyl/N-ethyl adjacent to an activating group) is 1. The smallest absolute Gasteiger partial charge is 0.263 e. The highest BCUT2D eigenvalue weighted by Gasteiger charge is 2.24. The Morgan fingerprint density at radius 2 is 2.17 bits per heavy atom. The number of nitrogens with one attached hydrogen (secondary N) is 1. The maximum absolute atomic E-state index is 12.7. The van der Waals surface area contributed by atoms with E-state index >= 15 is 0 Å². The molecule has 0 aromatic carbocycles. The molecule has 1 aliphatic heterocycles. The minimum absolute atomic E-state index is 0.235. The molecule has 1 aromatic heterocycles. The minimum atomic E-state index is -0.272. The second-order valence-corrected chi connectivity index (χ2v) is 6.43. The molecule has 6 heteroatoms. The molecule has 134 valence electrons. The van der Waals surface area contributed by atoms with Crippen LogP contribution in [-0.4, -0.2) is 54.8 Å². The largest absolute Gasteiger partial charge is 0.383 e. The third-order valence-electron chi connectivity index (χ3n) is 4.85. The molecule has 0 bridgehead atoms. The van der Waals surface area contributed by atoms with Crippen LogP contribution in [0.3, 0.4) is 0 Å². The summed E-state index contributed by atoms with van der Waals surface area (Å²) in [6.45, 7) is 9.40. The topological polar surface area (TPSA) is 63.6 Å². The van der Waals surface area contributed by atoms with Gasteiger partial charge in [-0.25, -0.2) is 0 Å². The number of amides is 1. The van der Waals surface area contributed by atoms with E-state index in [2.05, 4.69) is 17.1 Å². The number of likely N-dealkylation sites (tertiary alicyclic amines) is 1. The highest BCUT2D eigenvalue weighted by Crippen LogP contribution is 2.16. The molecular weight excluding hydrogens is 306 g/mol. The highest BCUT2D eigenvalue weighted by molar-refractivity contribution is 5.95. The number of nitrogens with zero attached hydrogens (tertiary/aromatic N) is 2. The van der Waals surface area contributed by atoms with Gasteiger partial charge in [0.05, 0.1) is 6.61 Å². The van der Waals surface area contributed by atoms with Gasteiger partial charge >= 0.3 is 0 Å². The second-order valence-electron chi connectivity index (χ2n) is 6.43. The molecule has 0 unspecified atom stereocenters. The van der Waals surface area contributed by atoms with E-state index in [1.165, 1.54) is 6.42 Å². The third-order valence-corrected chi connectivity index (χ3v) is 4.85. The van der Waals surface area contributed by atoms with E-state index in [1.54, 1.807) is 11.7 Å². The quantitative estimate of drug-likeness (QED) is 0.816. The van der Waals surface area contributed by atoms with E-state index in [0.717, 1.165) is 30.8 Å². The monoisotopic (exact) mass is 335 g/mol. The number of aryl methyl sites for hydroxylation is 2. The van der Waals surface area contributed by atoms with Crippen molar-refractivity contribution < 1.29 is 9.53 Å². The zero-order valence-electron chi connectivity index (χ0n) is 15.2. The van der Waals surface area contributed by atoms with Crippen LogP contribution in [0.1, 0.15) is 41.4 Å². The molecule has 1 aromatic rings. The summed E-state index contributed by atoms with van der Waals surface area (Å²) in [5.74, 6) is -0.272. The molecule has 2 heterocycles. The Morgan fingerprint density at radius 1 is 1.42 bits per heavy atom. The maximum Gasteiger partial charge on any atom is 0.263 e. The molecule has 1 amide bonds. The number of aromatic nitrogens is 1. The fourth-order valence-corrected chi connectivity index (χ4v) is 3.51. The fourth-order valence-electron chi connectivity index (χ4n) is 3.51. The van der Waals surface area contributed by atoms with E-state index in [-0.39, 0.29) is 17.0 Å². The first kappa shape index (κ1) is 18.7. The van der Waals surface area contributed by atoms with Gasteiger partial charge in [-0.3, -0.25) is 14.5 Å². The van der Waals surface area contributed by atoms with Gasteiger partial charge in [-0.2, -0.15) is 0 Å². The van der Waals surface area contributed by atoms with Gasteiger partial charge in [0.1, 0.15) is 5.56 Å². The molecule has 0 spiro atoms. The second kappa shape index (κ2) is 8.44. The van der Waals surface area contributed by atoms with Crippen molar-refractivity contribution in [1.82, 2.24) is 14.8 Å². The predicted octanol–water partition coefficient (Wildman–Crippen LogP) is 1.33. The number of carbonyl (C=O) groups is 1. The first-order chi connectivity index (χ1) is 11.5. The first-order valence-electron chi connectivity index (χ1n) is 8.71. The van der Waals surface area contributed by atoms with Gasteiger partial charge in [0.25, 0.3) is 11.5 Å². The van der Waals surface area contributed by atoms with Crippen molar-refractivity contribution in [3.8, 4) is 0 Å². The van der Waals surface area contributed by atoms with Gasteiger partial charge in [-0.1, -0.05) is 6.92 Å². The molecule has 1 aliphatic rings. The molecule has 6 nitrogen and oxygen atoms in total. The molecule has 24 heavy (non-hydrogen) atoms. The van der Waals surface area contributed by atoms with E-state index in [1.807, 2.05) is 19.9 Å². The highest BCUT2D eigenvalue weighted by atomic mass is 16.5. The predicted molar refractivity (Wildman–Crippen MR) is 94.7 cm³/mol. The number of pyridine rings is 1. The lowest BCUT2D eigenvalue weighted by Gasteiger charge is -2.23. The van der Waals surface area contributed by atoms with Gasteiger partial charge in [-0.05, 0) is 51.4 Å². The lowest BCUT2D eigenvalue weighted by molar-refractivity contribution is 0.0938. The van der Waals surface area contributed by atoms with E-state index < -0.39 is 0 Å². The van der Waals surface area contributed by atoms with Crippen LogP contribution in [0.5, 0.6) is 0 Å². The van der Waals surface area contributed by atoms with Crippen molar-refractivity contribution in [2.24, 2.45) is 0 Å². The Balaban J connectivity index is 2.15. The van der Waals surface area contributed by atoms with Crippen molar-refractivity contribution in [3.63, 3.8) is 0 Å². The van der Waals surface area contributed by atoms with Crippen LogP contribution < -0.4 is 10.9 Å². The average Bonchev–Trinajstić information content (AvgIpc) is 3.00. The van der Waals surface area contributed by atoms with Crippen LogP contribution in [0, 0.1) is 13.8 Å². The summed E-state index contributed by atoms with van der Waals surface area (Å²) in [5.41, 5.74) is 1.58. The Bertz CT molecular complexity index is 639. The average molecular weight is 335 g/mol. The summed E-state index contributed by atoms with van der Waals surface area (Å²) in [6.07, 6.45) is 2.26. The summed E-state index contributed by atoms with van der Waals surface area (Å²) in [5, 5.41) is 2.96. The molecule has 0 saturated carbocycles. The zero-order chi connectivity index (χ0) is 17.7. The van der Waals surface area contributed by atoms with E-state index in [9.17, 15) is 9.59 Å². The summed E-state index contributed by atoms with van der Waals surface area (Å²) >= 11 is 0. The van der Waals surface area contributed by atoms with Gasteiger partial charge in [0.2, 0.25) is 0 Å². The summed E-state index contributed by atoms with van der Waals surface area (Å²) in [7, 11) is 1.60. The lowest BCUT2D eigenvalue weighted by Crippen LogP contribution is -2.42. The summed E-state index contributed by atoms with van der Waals surface area (Å²) < 4.78 is 6.67. The number of methoxy groups -OCH3 is 1. The molecule has 0 radical (unpaired) electrons. The van der Waals surface area contributed by atoms with E-state index in [4.69, 9.17) is 4.74 Å². The van der Waals surface area contributed by atoms with Crippen molar-refractivity contribution in [1.29, 1.82) is 0 Å². The number of hydrogen-bond donors (Lipinski definition) is 1. The molecule has 1 saturated heterocycles. The molecule has 2 rings (SSSR count). The SMILES string of the molecule is CCN1CCC[C@H]1CNC(=O)c1c(C)cc(C)n(CCOC)c1=O. The Hall–Kier alpha value is -1.66. The number of carbonyl (C=O) groups excluding carboxylic acids is 1. The maximum atomic E-state index is 12.7. The Morgan fingerprint density at radius 3 is 2.83 bits per heavy atom. The van der Waals surface area contributed by atoms with Crippen molar-refractivity contribution in [3.05, 3.63) is 33.2 Å². The normalized spacial score (nSPS) is 18.1. The van der Waals surface area contributed by atoms with Crippen LogP contribution in [0.15, 0.2) is 10.9 Å². The van der Waals surface area contributed by atoms with Crippen molar-refractivity contribution in [2.75, 3.05) is 33.4 Å². The first-order valence-corrected chi connectivity index (χ1v) is 8.71. The van der Waals surface area contributed by atoms with Gasteiger partial charge in [0.15, 0.2) is 0 Å². The third kappa shape index (κ3) is 4.05. The van der Waals surface area contributed by atoms with Gasteiger partial charge < -0.3 is 14.6 Å². The molecule has 1 N–H and O–H groups in total. The lowest BCUT2D eigenvalue weighted by atomic mass is 10.1. The van der Waals surface area contributed by atoms with Crippen LogP contribution in [0.25, 0.3) is 0 Å². The standard InChI is InChI=1S/C18H29N3O3/c1-5-20-8-6-7-15(20)12-19-17(22)16-13(2)11-14(3)21(18(16)23)9-10-24-4/h11,15H,5-10,12H2,1-4H3,(H,19,22)/t15-/m0/s1. The van der Waals surface area contributed by atoms with Crippen molar-refractivity contribution in [2.45, 2.75) is 46.2 Å². The van der Waals surface area contributed by atoms with Crippen LogP contribution in [0.4, 0.5) is 0 Å². The summed E-state index contributed by atoms with van der Waals surface area (Å²) in [6, 6.07) is 2.26. The van der Waals surface area contributed by atoms with Crippen LogP contribution in [-0.2, 0) is 11.3 Å². The molecular formula is C18H29N3O3. The minimum Gasteiger partial charge on any atom is -0.383 e. The van der Waals surface area contributed by atoms with Gasteiger partial charge in [0, 0.05) is 31.9 Å². The Kier molecular flexibility index (Phi) is 6.57. The number of ether oxygens (including phenoxy) is 1. The van der Waals surface area contributed by atoms with Crippen LogP contribution in [0.2, 0.25) is 0 Å². The zero-order valence-corrected chi connectivity index (χ0v) is 15.2. The van der Waals surface area contributed by atoms with Gasteiger partial charge in [-0.15, -0.1) is 0 Å². The number of rotatable bonds is 7. The van der Waals surface area contributed by atoms with Crippen LogP contribution >= 0.6 is 0 Å². The fraction of sp³-hybridized carbons (Fsp3) is 0.667. The molecule has 0 aliphatic carbocycles.